The number of nitrogens with zero attached hydrogens (tertiary/aromatic N) is 1. The smallest absolute Gasteiger partial charge is 0.0585 e. The molecule has 0 aromatic heterocycles. The van der Waals surface area contributed by atoms with Crippen LogP contribution in [0.4, 0.5) is 5.69 Å². The van der Waals surface area contributed by atoms with Gasteiger partial charge in [0.1, 0.15) is 0 Å². The monoisotopic (exact) mass is 233 g/mol. The molecule has 1 N–H and O–H groups in total. The summed E-state index contributed by atoms with van der Waals surface area (Å²) in [7, 11) is 2.12. The van der Waals surface area contributed by atoms with Crippen molar-refractivity contribution in [3.8, 4) is 0 Å². The lowest BCUT2D eigenvalue weighted by molar-refractivity contribution is 0.136. The van der Waals surface area contributed by atoms with Gasteiger partial charge in [0.2, 0.25) is 0 Å². The van der Waals surface area contributed by atoms with Crippen molar-refractivity contribution in [2.24, 2.45) is 5.92 Å². The Morgan fingerprint density at radius 1 is 1.24 bits per heavy atom. The number of rotatable bonds is 4. The quantitative estimate of drug-likeness (QED) is 0.864. The predicted molar refractivity (Wildman–Crippen MR) is 72.4 cm³/mol. The van der Waals surface area contributed by atoms with Crippen LogP contribution in [0.2, 0.25) is 0 Å². The SMILES string of the molecule is CCc1ccc(N(C)CC2CCCC2O)cc1. The highest BCUT2D eigenvalue weighted by Crippen LogP contribution is 2.27. The highest BCUT2D eigenvalue weighted by atomic mass is 16.3. The molecular weight excluding hydrogens is 210 g/mol. The molecule has 0 bridgehead atoms. The zero-order valence-corrected chi connectivity index (χ0v) is 10.9. The number of hydrogen-bond donors (Lipinski definition) is 1. The molecule has 1 aliphatic rings. The van der Waals surface area contributed by atoms with E-state index in [1.165, 1.54) is 24.1 Å². The summed E-state index contributed by atoms with van der Waals surface area (Å²) in [5, 5.41) is 9.84. The molecule has 0 spiro atoms. The second-order valence-corrected chi connectivity index (χ2v) is 5.16. The zero-order valence-electron chi connectivity index (χ0n) is 10.9. The third kappa shape index (κ3) is 3.01. The van der Waals surface area contributed by atoms with Gasteiger partial charge in [-0.1, -0.05) is 25.5 Å². The molecule has 94 valence electrons. The second kappa shape index (κ2) is 5.54. The Hall–Kier alpha value is -1.02. The number of hydrogen-bond acceptors (Lipinski definition) is 2. The molecular formula is C15H23NO. The van der Waals surface area contributed by atoms with Crippen molar-refractivity contribution in [3.05, 3.63) is 29.8 Å². The van der Waals surface area contributed by atoms with E-state index < -0.39 is 0 Å². The molecule has 2 rings (SSSR count). The highest BCUT2D eigenvalue weighted by molar-refractivity contribution is 5.46. The maximum absolute atomic E-state index is 9.84. The number of anilines is 1. The fourth-order valence-corrected chi connectivity index (χ4v) is 2.67. The van der Waals surface area contributed by atoms with E-state index in [9.17, 15) is 5.11 Å². The Morgan fingerprint density at radius 2 is 1.94 bits per heavy atom. The molecule has 0 radical (unpaired) electrons. The third-order valence-electron chi connectivity index (χ3n) is 3.91. The van der Waals surface area contributed by atoms with Crippen molar-refractivity contribution >= 4 is 5.69 Å². The maximum Gasteiger partial charge on any atom is 0.0585 e. The van der Waals surface area contributed by atoms with E-state index in [1.807, 2.05) is 0 Å². The van der Waals surface area contributed by atoms with Gasteiger partial charge in [-0.3, -0.25) is 0 Å². The van der Waals surface area contributed by atoms with E-state index in [0.717, 1.165) is 19.4 Å². The third-order valence-corrected chi connectivity index (χ3v) is 3.91. The van der Waals surface area contributed by atoms with Crippen molar-refractivity contribution in [1.29, 1.82) is 0 Å². The first-order valence-corrected chi connectivity index (χ1v) is 6.69. The minimum absolute atomic E-state index is 0.0904. The summed E-state index contributed by atoms with van der Waals surface area (Å²) >= 11 is 0. The summed E-state index contributed by atoms with van der Waals surface area (Å²) in [6.45, 7) is 3.14. The predicted octanol–water partition coefficient (Wildman–Crippen LogP) is 2.85. The van der Waals surface area contributed by atoms with Crippen LogP contribution in [0.15, 0.2) is 24.3 Å². The molecule has 1 aromatic carbocycles. The van der Waals surface area contributed by atoms with Crippen LogP contribution >= 0.6 is 0 Å². The molecule has 0 saturated heterocycles. The van der Waals surface area contributed by atoms with Gasteiger partial charge in [0, 0.05) is 25.2 Å². The van der Waals surface area contributed by atoms with Crippen LogP contribution in [0.25, 0.3) is 0 Å². The van der Waals surface area contributed by atoms with Crippen molar-refractivity contribution < 1.29 is 5.11 Å². The fourth-order valence-electron chi connectivity index (χ4n) is 2.67. The van der Waals surface area contributed by atoms with Crippen molar-refractivity contribution in [2.45, 2.75) is 38.7 Å². The Bertz CT molecular complexity index is 346. The fraction of sp³-hybridized carbons (Fsp3) is 0.600. The van der Waals surface area contributed by atoms with E-state index in [0.29, 0.717) is 5.92 Å². The molecule has 1 aliphatic carbocycles. The van der Waals surface area contributed by atoms with E-state index in [4.69, 9.17) is 0 Å². The van der Waals surface area contributed by atoms with E-state index in [1.54, 1.807) is 0 Å². The average molecular weight is 233 g/mol. The minimum atomic E-state index is -0.0904. The Morgan fingerprint density at radius 3 is 2.47 bits per heavy atom. The van der Waals surface area contributed by atoms with Crippen LogP contribution in [0, 0.1) is 5.92 Å². The van der Waals surface area contributed by atoms with Crippen LogP contribution in [0.1, 0.15) is 31.7 Å². The van der Waals surface area contributed by atoms with Crippen molar-refractivity contribution in [1.82, 2.24) is 0 Å². The van der Waals surface area contributed by atoms with Crippen LogP contribution in [-0.2, 0) is 6.42 Å². The lowest BCUT2D eigenvalue weighted by Gasteiger charge is -2.25. The molecule has 1 saturated carbocycles. The number of benzene rings is 1. The first kappa shape index (κ1) is 12.4. The highest BCUT2D eigenvalue weighted by Gasteiger charge is 2.26. The largest absolute Gasteiger partial charge is 0.393 e. The molecule has 17 heavy (non-hydrogen) atoms. The summed E-state index contributed by atoms with van der Waals surface area (Å²) in [5.41, 5.74) is 2.63. The molecule has 0 heterocycles. The summed E-state index contributed by atoms with van der Waals surface area (Å²) in [6.07, 6.45) is 4.32. The van der Waals surface area contributed by atoms with E-state index >= 15 is 0 Å². The first-order valence-electron chi connectivity index (χ1n) is 6.69. The second-order valence-electron chi connectivity index (χ2n) is 5.16. The van der Waals surface area contributed by atoms with Gasteiger partial charge < -0.3 is 10.0 Å². The molecule has 1 aromatic rings. The molecule has 1 fully saturated rings. The lowest BCUT2D eigenvalue weighted by atomic mass is 10.1. The van der Waals surface area contributed by atoms with Gasteiger partial charge in [-0.05, 0) is 37.0 Å². The molecule has 2 heteroatoms. The van der Waals surface area contributed by atoms with E-state index in [2.05, 4.69) is 43.1 Å². The van der Waals surface area contributed by atoms with Gasteiger partial charge in [0.05, 0.1) is 6.10 Å². The lowest BCUT2D eigenvalue weighted by Crippen LogP contribution is -2.29. The van der Waals surface area contributed by atoms with Gasteiger partial charge in [0.25, 0.3) is 0 Å². The standard InChI is InChI=1S/C15H23NO/c1-3-12-7-9-14(10-8-12)16(2)11-13-5-4-6-15(13)17/h7-10,13,15,17H,3-6,11H2,1-2H3. The van der Waals surface area contributed by atoms with Crippen LogP contribution in [0.5, 0.6) is 0 Å². The topological polar surface area (TPSA) is 23.5 Å². The Kier molecular flexibility index (Phi) is 4.06. The van der Waals surface area contributed by atoms with Gasteiger partial charge in [0.15, 0.2) is 0 Å². The molecule has 0 amide bonds. The number of aryl methyl sites for hydroxylation is 1. The van der Waals surface area contributed by atoms with Gasteiger partial charge in [-0.25, -0.2) is 0 Å². The normalized spacial score (nSPS) is 23.9. The van der Waals surface area contributed by atoms with E-state index in [-0.39, 0.29) is 6.10 Å². The number of aliphatic hydroxyl groups is 1. The summed E-state index contributed by atoms with van der Waals surface area (Å²) < 4.78 is 0. The summed E-state index contributed by atoms with van der Waals surface area (Å²) in [6, 6.07) is 8.74. The first-order chi connectivity index (χ1) is 8.20. The zero-order chi connectivity index (χ0) is 12.3. The summed E-state index contributed by atoms with van der Waals surface area (Å²) in [4.78, 5) is 2.26. The van der Waals surface area contributed by atoms with Crippen LogP contribution in [-0.4, -0.2) is 24.8 Å². The Labute approximate surface area is 104 Å². The summed E-state index contributed by atoms with van der Waals surface area (Å²) in [5.74, 6) is 0.450. The van der Waals surface area contributed by atoms with Crippen molar-refractivity contribution in [2.75, 3.05) is 18.5 Å². The van der Waals surface area contributed by atoms with Gasteiger partial charge in [-0.15, -0.1) is 0 Å². The van der Waals surface area contributed by atoms with Gasteiger partial charge in [-0.2, -0.15) is 0 Å². The molecule has 2 nitrogen and oxygen atoms in total. The van der Waals surface area contributed by atoms with Crippen molar-refractivity contribution in [3.63, 3.8) is 0 Å². The average Bonchev–Trinajstić information content (AvgIpc) is 2.75. The van der Waals surface area contributed by atoms with Crippen LogP contribution < -0.4 is 4.90 Å². The molecule has 2 unspecified atom stereocenters. The Balaban J connectivity index is 1.96. The molecule has 0 aliphatic heterocycles. The minimum Gasteiger partial charge on any atom is -0.393 e. The van der Waals surface area contributed by atoms with Crippen LogP contribution in [0.3, 0.4) is 0 Å². The molecule has 2 atom stereocenters. The van der Waals surface area contributed by atoms with Gasteiger partial charge >= 0.3 is 0 Å². The number of aliphatic hydroxyl groups excluding tert-OH is 1. The maximum atomic E-state index is 9.84.